The van der Waals surface area contributed by atoms with Gasteiger partial charge in [0.2, 0.25) is 5.89 Å². The second-order valence-corrected chi connectivity index (χ2v) is 8.33. The number of carbonyl (C=O) groups is 1. The Kier molecular flexibility index (Phi) is 5.90. The maximum Gasteiger partial charge on any atom is 0.289 e. The summed E-state index contributed by atoms with van der Waals surface area (Å²) in [6.07, 6.45) is 0. The van der Waals surface area contributed by atoms with E-state index in [9.17, 15) is 4.79 Å². The first-order chi connectivity index (χ1) is 16.5. The third-order valence-electron chi connectivity index (χ3n) is 5.73. The van der Waals surface area contributed by atoms with Crippen molar-refractivity contribution in [2.24, 2.45) is 0 Å². The third-order valence-corrected chi connectivity index (χ3v) is 5.98. The van der Waals surface area contributed by atoms with Crippen LogP contribution < -0.4 is 4.74 Å². The Balaban J connectivity index is 1.61. The molecule has 2 aromatic heterocycles. The molecule has 0 amide bonds. The van der Waals surface area contributed by atoms with Gasteiger partial charge in [0.15, 0.2) is 0 Å². The van der Waals surface area contributed by atoms with Gasteiger partial charge in [0.1, 0.15) is 5.75 Å². The number of benzene rings is 3. The van der Waals surface area contributed by atoms with E-state index in [1.807, 2.05) is 86.6 Å². The van der Waals surface area contributed by atoms with Crippen molar-refractivity contribution in [1.82, 2.24) is 14.8 Å². The Morgan fingerprint density at radius 3 is 2.53 bits per heavy atom. The highest BCUT2D eigenvalue weighted by Gasteiger charge is 2.26. The molecule has 0 spiro atoms. The van der Waals surface area contributed by atoms with E-state index < -0.39 is 0 Å². The van der Waals surface area contributed by atoms with Gasteiger partial charge in [-0.2, -0.15) is 0 Å². The van der Waals surface area contributed by atoms with E-state index in [0.29, 0.717) is 35.4 Å². The largest absolute Gasteiger partial charge is 0.494 e. The van der Waals surface area contributed by atoms with Gasteiger partial charge in [-0.25, -0.2) is 0 Å². The van der Waals surface area contributed by atoms with Crippen LogP contribution in [0.15, 0.2) is 77.2 Å². The summed E-state index contributed by atoms with van der Waals surface area (Å²) in [6.45, 7) is 4.97. The molecule has 0 unspecified atom stereocenters. The van der Waals surface area contributed by atoms with Gasteiger partial charge in [-0.3, -0.25) is 4.79 Å². The summed E-state index contributed by atoms with van der Waals surface area (Å²) < 4.78 is 13.6. The van der Waals surface area contributed by atoms with E-state index in [0.717, 1.165) is 27.7 Å². The number of fused-ring (bicyclic) bond motifs is 1. The fourth-order valence-electron chi connectivity index (χ4n) is 4.10. The Morgan fingerprint density at radius 2 is 1.79 bits per heavy atom. The van der Waals surface area contributed by atoms with Crippen molar-refractivity contribution in [2.45, 2.75) is 20.4 Å². The first-order valence-electron chi connectivity index (χ1n) is 11.0. The molecule has 0 aliphatic carbocycles. The van der Waals surface area contributed by atoms with Crippen molar-refractivity contribution in [3.8, 4) is 17.2 Å². The van der Waals surface area contributed by atoms with Crippen molar-refractivity contribution in [3.05, 3.63) is 101 Å². The van der Waals surface area contributed by atoms with Crippen LogP contribution in [0.2, 0.25) is 5.02 Å². The molecule has 34 heavy (non-hydrogen) atoms. The monoisotopic (exact) mass is 471 g/mol. The lowest BCUT2D eigenvalue weighted by Crippen LogP contribution is -2.06. The number of hydrogen-bond donors (Lipinski definition) is 0. The molecule has 5 aromatic rings. The molecule has 0 radical (unpaired) electrons. The highest BCUT2D eigenvalue weighted by atomic mass is 35.5. The van der Waals surface area contributed by atoms with Crippen LogP contribution in [-0.2, 0) is 6.54 Å². The summed E-state index contributed by atoms with van der Waals surface area (Å²) in [5, 5.41) is 9.61. The predicted octanol–water partition coefficient (Wildman–Crippen LogP) is 6.33. The fraction of sp³-hybridized carbons (Fsp3) is 0.148. The summed E-state index contributed by atoms with van der Waals surface area (Å²) in [7, 11) is 0. The van der Waals surface area contributed by atoms with Gasteiger partial charge in [-0.05, 0) is 61.9 Å². The maximum absolute atomic E-state index is 13.6. The number of hydrogen-bond acceptors (Lipinski definition) is 5. The molecule has 0 saturated carbocycles. The van der Waals surface area contributed by atoms with Crippen LogP contribution in [0, 0.1) is 6.92 Å². The summed E-state index contributed by atoms with van der Waals surface area (Å²) in [4.78, 5) is 13.6. The summed E-state index contributed by atoms with van der Waals surface area (Å²) in [6, 6.07) is 22.9. The van der Waals surface area contributed by atoms with E-state index in [2.05, 4.69) is 14.8 Å². The second-order valence-electron chi connectivity index (χ2n) is 7.89. The Bertz CT molecular complexity index is 1470. The third kappa shape index (κ3) is 4.08. The van der Waals surface area contributed by atoms with Gasteiger partial charge >= 0.3 is 0 Å². The topological polar surface area (TPSA) is 70.2 Å². The lowest BCUT2D eigenvalue weighted by Gasteiger charge is -2.09. The predicted molar refractivity (Wildman–Crippen MR) is 132 cm³/mol. The molecule has 7 heteroatoms. The van der Waals surface area contributed by atoms with Crippen LogP contribution in [0.4, 0.5) is 0 Å². The standard InChI is InChI=1S/C27H22ClN3O3/c1-3-33-21-13-14-23-22(15-21)24(17(2)31(23)16-18-9-11-20(28)12-10-18)25(32)27-30-29-26(34-27)19-7-5-4-6-8-19/h4-15H,3,16H2,1-2H3. The molecule has 0 aliphatic heterocycles. The van der Waals surface area contributed by atoms with Crippen molar-refractivity contribution in [3.63, 3.8) is 0 Å². The average molecular weight is 472 g/mol. The summed E-state index contributed by atoms with van der Waals surface area (Å²) >= 11 is 6.06. The van der Waals surface area contributed by atoms with Crippen LogP contribution in [0.3, 0.4) is 0 Å². The Labute approximate surface area is 201 Å². The number of halogens is 1. The van der Waals surface area contributed by atoms with E-state index in [-0.39, 0.29) is 11.7 Å². The Morgan fingerprint density at radius 1 is 1.03 bits per heavy atom. The van der Waals surface area contributed by atoms with E-state index in [1.54, 1.807) is 0 Å². The molecular weight excluding hydrogens is 450 g/mol. The normalized spacial score (nSPS) is 11.1. The molecule has 3 aromatic carbocycles. The van der Waals surface area contributed by atoms with Crippen molar-refractivity contribution in [2.75, 3.05) is 6.61 Å². The molecule has 0 bridgehead atoms. The molecule has 0 fully saturated rings. The molecule has 6 nitrogen and oxygen atoms in total. The van der Waals surface area contributed by atoms with Crippen molar-refractivity contribution < 1.29 is 13.9 Å². The van der Waals surface area contributed by atoms with Gasteiger partial charge in [0.25, 0.3) is 11.7 Å². The SMILES string of the molecule is CCOc1ccc2c(c1)c(C(=O)c1nnc(-c3ccccc3)o1)c(C)n2Cc1ccc(Cl)cc1. The highest BCUT2D eigenvalue weighted by Crippen LogP contribution is 2.32. The number of ether oxygens (including phenoxy) is 1. The zero-order valence-electron chi connectivity index (χ0n) is 18.8. The van der Waals surface area contributed by atoms with Crippen LogP contribution in [0.25, 0.3) is 22.4 Å². The van der Waals surface area contributed by atoms with Gasteiger partial charge < -0.3 is 13.7 Å². The number of rotatable bonds is 7. The first-order valence-corrected chi connectivity index (χ1v) is 11.4. The van der Waals surface area contributed by atoms with E-state index in [1.165, 1.54) is 0 Å². The number of nitrogens with zero attached hydrogens (tertiary/aromatic N) is 3. The Hall–Kier alpha value is -3.90. The molecule has 0 N–H and O–H groups in total. The molecule has 0 saturated heterocycles. The lowest BCUT2D eigenvalue weighted by molar-refractivity contribution is 0.100. The molecule has 2 heterocycles. The molecule has 0 atom stereocenters. The molecular formula is C27H22ClN3O3. The highest BCUT2D eigenvalue weighted by molar-refractivity contribution is 6.30. The molecule has 0 aliphatic rings. The zero-order chi connectivity index (χ0) is 23.7. The lowest BCUT2D eigenvalue weighted by atomic mass is 10.1. The van der Waals surface area contributed by atoms with Crippen molar-refractivity contribution >= 4 is 28.3 Å². The second kappa shape index (κ2) is 9.15. The quantitative estimate of drug-likeness (QED) is 0.259. The molecule has 170 valence electrons. The number of aromatic nitrogens is 3. The number of ketones is 1. The summed E-state index contributed by atoms with van der Waals surface area (Å²) in [5.41, 5.74) is 4.08. The fourth-order valence-corrected chi connectivity index (χ4v) is 4.23. The number of carbonyl (C=O) groups excluding carboxylic acids is 1. The van der Waals surface area contributed by atoms with E-state index in [4.69, 9.17) is 20.8 Å². The minimum atomic E-state index is -0.319. The van der Waals surface area contributed by atoms with Gasteiger partial charge in [-0.1, -0.05) is 41.9 Å². The minimum Gasteiger partial charge on any atom is -0.494 e. The maximum atomic E-state index is 13.6. The smallest absolute Gasteiger partial charge is 0.289 e. The van der Waals surface area contributed by atoms with Crippen LogP contribution in [0.5, 0.6) is 5.75 Å². The van der Waals surface area contributed by atoms with Crippen LogP contribution >= 0.6 is 11.6 Å². The summed E-state index contributed by atoms with van der Waals surface area (Å²) in [5.74, 6) is 0.639. The van der Waals surface area contributed by atoms with Gasteiger partial charge in [0.05, 0.1) is 12.2 Å². The first kappa shape index (κ1) is 21.9. The zero-order valence-corrected chi connectivity index (χ0v) is 19.5. The van der Waals surface area contributed by atoms with Gasteiger partial charge in [0, 0.05) is 33.7 Å². The minimum absolute atomic E-state index is 0.0469. The average Bonchev–Trinajstić information content (AvgIpc) is 3.45. The van der Waals surface area contributed by atoms with Crippen molar-refractivity contribution in [1.29, 1.82) is 0 Å². The van der Waals surface area contributed by atoms with E-state index >= 15 is 0 Å². The van der Waals surface area contributed by atoms with Crippen LogP contribution in [0.1, 0.15) is 34.4 Å². The van der Waals surface area contributed by atoms with Crippen LogP contribution in [-0.4, -0.2) is 27.2 Å². The van der Waals surface area contributed by atoms with Gasteiger partial charge in [-0.15, -0.1) is 10.2 Å². The molecule has 5 rings (SSSR count).